The summed E-state index contributed by atoms with van der Waals surface area (Å²) in [6.07, 6.45) is 3.24. The zero-order chi connectivity index (χ0) is 13.7. The Hall–Kier alpha value is -1.00. The van der Waals surface area contributed by atoms with E-state index in [1.54, 1.807) is 11.8 Å². The van der Waals surface area contributed by atoms with Gasteiger partial charge >= 0.3 is 5.97 Å². The van der Waals surface area contributed by atoms with Gasteiger partial charge in [-0.15, -0.1) is 0 Å². The molecule has 0 saturated heterocycles. The quantitative estimate of drug-likeness (QED) is 0.718. The van der Waals surface area contributed by atoms with Crippen molar-refractivity contribution in [1.29, 1.82) is 0 Å². The fourth-order valence-electron chi connectivity index (χ4n) is 2.12. The maximum Gasteiger partial charge on any atom is 0.329 e. The Morgan fingerprint density at radius 2 is 2.11 bits per heavy atom. The van der Waals surface area contributed by atoms with E-state index in [1.807, 2.05) is 30.3 Å². The Kier molecular flexibility index (Phi) is 4.88. The topological polar surface area (TPSA) is 49.3 Å². The first-order chi connectivity index (χ1) is 9.19. The van der Waals surface area contributed by atoms with Gasteiger partial charge in [0.1, 0.15) is 0 Å². The van der Waals surface area contributed by atoms with Crippen LogP contribution >= 0.6 is 11.8 Å². The molecule has 0 amide bonds. The van der Waals surface area contributed by atoms with Crippen LogP contribution in [0.25, 0.3) is 0 Å². The molecule has 0 radical (unpaired) electrons. The van der Waals surface area contributed by atoms with Crippen LogP contribution in [-0.2, 0) is 10.3 Å². The van der Waals surface area contributed by atoms with Crippen molar-refractivity contribution >= 4 is 17.7 Å². The lowest BCUT2D eigenvalue weighted by atomic mass is 9.91. The molecule has 1 aromatic carbocycles. The molecule has 0 aliphatic heterocycles. The average Bonchev–Trinajstić information content (AvgIpc) is 3.22. The third-order valence-corrected chi connectivity index (χ3v) is 4.66. The zero-order valence-corrected chi connectivity index (χ0v) is 12.1. The lowest BCUT2D eigenvalue weighted by Crippen LogP contribution is -2.52. The number of nitrogens with one attached hydrogen (secondary N) is 1. The molecule has 2 N–H and O–H groups in total. The van der Waals surface area contributed by atoms with Gasteiger partial charge in [0.15, 0.2) is 5.54 Å². The van der Waals surface area contributed by atoms with E-state index in [4.69, 9.17) is 0 Å². The highest BCUT2D eigenvalue weighted by molar-refractivity contribution is 7.99. The highest BCUT2D eigenvalue weighted by atomic mass is 32.2. The Bertz CT molecular complexity index is 419. The molecule has 3 nitrogen and oxygen atoms in total. The van der Waals surface area contributed by atoms with E-state index in [0.29, 0.717) is 11.8 Å². The van der Waals surface area contributed by atoms with Crippen molar-refractivity contribution in [1.82, 2.24) is 5.32 Å². The average molecular weight is 279 g/mol. The molecule has 0 aromatic heterocycles. The summed E-state index contributed by atoms with van der Waals surface area (Å²) in [5, 5.41) is 13.1. The molecule has 104 valence electrons. The Labute approximate surface area is 118 Å². The van der Waals surface area contributed by atoms with Gasteiger partial charge < -0.3 is 5.11 Å². The van der Waals surface area contributed by atoms with Crippen LogP contribution in [0.4, 0.5) is 0 Å². The van der Waals surface area contributed by atoms with Gasteiger partial charge in [-0.25, -0.2) is 4.79 Å². The van der Waals surface area contributed by atoms with Gasteiger partial charge in [-0.1, -0.05) is 37.3 Å². The molecule has 1 saturated carbocycles. The van der Waals surface area contributed by atoms with E-state index in [2.05, 4.69) is 12.2 Å². The Balaban J connectivity index is 2.24. The third-order valence-electron chi connectivity index (χ3n) is 3.33. The largest absolute Gasteiger partial charge is 0.480 e. The second-order valence-electron chi connectivity index (χ2n) is 5.05. The van der Waals surface area contributed by atoms with E-state index in [0.717, 1.165) is 30.6 Å². The summed E-state index contributed by atoms with van der Waals surface area (Å²) >= 11 is 1.71. The van der Waals surface area contributed by atoms with E-state index in [1.165, 1.54) is 0 Å². The minimum Gasteiger partial charge on any atom is -0.480 e. The van der Waals surface area contributed by atoms with E-state index in [-0.39, 0.29) is 0 Å². The summed E-state index contributed by atoms with van der Waals surface area (Å²) in [6.45, 7) is 2.12. The number of rotatable bonds is 8. The summed E-state index contributed by atoms with van der Waals surface area (Å²) in [7, 11) is 0. The van der Waals surface area contributed by atoms with Crippen molar-refractivity contribution in [3.8, 4) is 0 Å². The number of aliphatic carboxylic acids is 1. The Morgan fingerprint density at radius 3 is 2.63 bits per heavy atom. The molecule has 19 heavy (non-hydrogen) atoms. The highest BCUT2D eigenvalue weighted by Gasteiger charge is 2.43. The molecule has 1 aliphatic rings. The summed E-state index contributed by atoms with van der Waals surface area (Å²) in [6, 6.07) is 9.93. The van der Waals surface area contributed by atoms with Crippen LogP contribution in [0.3, 0.4) is 0 Å². The number of benzene rings is 1. The minimum atomic E-state index is -0.942. The van der Waals surface area contributed by atoms with Gasteiger partial charge in [0, 0.05) is 11.8 Å². The summed E-state index contributed by atoms with van der Waals surface area (Å²) < 4.78 is 0. The van der Waals surface area contributed by atoms with Gasteiger partial charge in [0.25, 0.3) is 0 Å². The molecular formula is C15H21NO2S. The second kappa shape index (κ2) is 6.44. The van der Waals surface area contributed by atoms with Crippen molar-refractivity contribution in [2.75, 3.05) is 11.5 Å². The predicted molar refractivity (Wildman–Crippen MR) is 79.5 cm³/mol. The Morgan fingerprint density at radius 1 is 1.42 bits per heavy atom. The van der Waals surface area contributed by atoms with Crippen molar-refractivity contribution in [3.05, 3.63) is 35.9 Å². The van der Waals surface area contributed by atoms with Crippen molar-refractivity contribution in [2.24, 2.45) is 0 Å². The van der Waals surface area contributed by atoms with Crippen LogP contribution in [0.1, 0.15) is 31.7 Å². The molecule has 4 heteroatoms. The molecule has 0 bridgehead atoms. The summed E-state index contributed by atoms with van der Waals surface area (Å²) in [5.74, 6) is 0.805. The highest BCUT2D eigenvalue weighted by Crippen LogP contribution is 2.32. The first-order valence-electron chi connectivity index (χ1n) is 6.83. The normalized spacial score (nSPS) is 17.9. The van der Waals surface area contributed by atoms with E-state index in [9.17, 15) is 9.90 Å². The molecule has 2 rings (SSSR count). The van der Waals surface area contributed by atoms with Crippen molar-refractivity contribution in [3.63, 3.8) is 0 Å². The second-order valence-corrected chi connectivity index (χ2v) is 6.15. The number of carboxylic acids is 1. The fourth-order valence-corrected chi connectivity index (χ4v) is 3.24. The van der Waals surface area contributed by atoms with Crippen LogP contribution in [0.15, 0.2) is 30.3 Å². The van der Waals surface area contributed by atoms with Crippen LogP contribution in [0.2, 0.25) is 0 Å². The van der Waals surface area contributed by atoms with Gasteiger partial charge in [-0.05, 0) is 30.6 Å². The molecule has 1 unspecified atom stereocenters. The predicted octanol–water partition coefficient (Wildman–Crippen LogP) is 2.86. The number of thioether (sulfide) groups is 1. The molecule has 1 atom stereocenters. The standard InChI is InChI=1S/C15H21NO2S/c1-2-10-19-11-15(14(17)18,16-13-8-9-13)12-6-4-3-5-7-12/h3-7,13,16H,2,8-11H2,1H3,(H,17,18). The van der Waals surface area contributed by atoms with Crippen LogP contribution in [-0.4, -0.2) is 28.6 Å². The molecule has 1 fully saturated rings. The van der Waals surface area contributed by atoms with Gasteiger partial charge in [0.2, 0.25) is 0 Å². The minimum absolute atomic E-state index is 0.360. The third kappa shape index (κ3) is 3.51. The maximum atomic E-state index is 11.9. The van der Waals surface area contributed by atoms with Crippen LogP contribution < -0.4 is 5.32 Å². The van der Waals surface area contributed by atoms with Gasteiger partial charge in [-0.3, -0.25) is 5.32 Å². The first kappa shape index (κ1) is 14.4. The smallest absolute Gasteiger partial charge is 0.329 e. The number of carbonyl (C=O) groups is 1. The van der Waals surface area contributed by atoms with Gasteiger partial charge in [-0.2, -0.15) is 11.8 Å². The first-order valence-corrected chi connectivity index (χ1v) is 7.99. The number of carboxylic acid groups (broad SMARTS) is 1. The summed E-state index contributed by atoms with van der Waals surface area (Å²) in [4.78, 5) is 11.9. The van der Waals surface area contributed by atoms with Gasteiger partial charge in [0.05, 0.1) is 0 Å². The SMILES string of the molecule is CCCSCC(NC1CC1)(C(=O)O)c1ccccc1. The number of hydrogen-bond acceptors (Lipinski definition) is 3. The van der Waals surface area contributed by atoms with Crippen molar-refractivity contribution < 1.29 is 9.90 Å². The maximum absolute atomic E-state index is 11.9. The fraction of sp³-hybridized carbons (Fsp3) is 0.533. The number of hydrogen-bond donors (Lipinski definition) is 2. The lowest BCUT2D eigenvalue weighted by molar-refractivity contribution is -0.144. The molecule has 0 heterocycles. The molecule has 0 spiro atoms. The monoisotopic (exact) mass is 279 g/mol. The lowest BCUT2D eigenvalue weighted by Gasteiger charge is -2.31. The van der Waals surface area contributed by atoms with Crippen LogP contribution in [0, 0.1) is 0 Å². The van der Waals surface area contributed by atoms with E-state index >= 15 is 0 Å². The zero-order valence-electron chi connectivity index (χ0n) is 11.3. The molecular weight excluding hydrogens is 258 g/mol. The molecule has 1 aliphatic carbocycles. The van der Waals surface area contributed by atoms with E-state index < -0.39 is 11.5 Å². The molecule has 1 aromatic rings. The summed E-state index contributed by atoms with van der Waals surface area (Å²) in [5.41, 5.74) is -0.0829. The van der Waals surface area contributed by atoms with Crippen LogP contribution in [0.5, 0.6) is 0 Å². The van der Waals surface area contributed by atoms with Crippen molar-refractivity contribution in [2.45, 2.75) is 37.8 Å².